The van der Waals surface area contributed by atoms with Crippen LogP contribution in [0.25, 0.3) is 10.9 Å². The van der Waals surface area contributed by atoms with Crippen molar-refractivity contribution in [3.05, 3.63) is 63.8 Å². The van der Waals surface area contributed by atoms with Crippen LogP contribution >= 0.6 is 15.9 Å². The zero-order chi connectivity index (χ0) is 20.3. The molecule has 0 saturated heterocycles. The maximum atomic E-state index is 11.4. The number of nitrogens with one attached hydrogen (secondary N) is 2. The minimum atomic E-state index is -0.404. The standard InChI is InChI=1S/C10H8BrNO2.C10H9NO3/c1-14-10(13)6-3-2-4-8-7(6)5-9(11)12-8;1-14-10(13)6-3-2-4-8-7(6)5-9(12)11-8/h2-5,12H,1H3;2-4H,5H2,1H3,(H,11,12). The number of fused-ring (bicyclic) bond motifs is 2. The number of rotatable bonds is 2. The summed E-state index contributed by atoms with van der Waals surface area (Å²) in [5.41, 5.74) is 3.39. The summed E-state index contributed by atoms with van der Waals surface area (Å²) in [6, 6.07) is 12.5. The van der Waals surface area contributed by atoms with Gasteiger partial charge in [0.15, 0.2) is 0 Å². The van der Waals surface area contributed by atoms with E-state index in [0.717, 1.165) is 21.1 Å². The van der Waals surface area contributed by atoms with Gasteiger partial charge in [0.1, 0.15) is 0 Å². The van der Waals surface area contributed by atoms with Gasteiger partial charge in [-0.05, 0) is 51.8 Å². The van der Waals surface area contributed by atoms with E-state index in [4.69, 9.17) is 0 Å². The summed E-state index contributed by atoms with van der Waals surface area (Å²) >= 11 is 3.32. The molecule has 0 aliphatic carbocycles. The molecule has 0 radical (unpaired) electrons. The second-order valence-corrected chi connectivity index (χ2v) is 6.78. The number of carbonyl (C=O) groups excluding carboxylic acids is 3. The van der Waals surface area contributed by atoms with Gasteiger partial charge in [0.25, 0.3) is 0 Å². The number of ether oxygens (including phenoxy) is 2. The highest BCUT2D eigenvalue weighted by Crippen LogP contribution is 2.26. The van der Waals surface area contributed by atoms with Crippen LogP contribution in [0.5, 0.6) is 0 Å². The molecule has 8 heteroatoms. The number of amides is 1. The fourth-order valence-corrected chi connectivity index (χ4v) is 3.40. The predicted octanol–water partition coefficient (Wildman–Crippen LogP) is 3.68. The van der Waals surface area contributed by atoms with Crippen LogP contribution in [0.1, 0.15) is 26.3 Å². The molecule has 0 atom stereocenters. The Kier molecular flexibility index (Phi) is 5.79. The number of halogens is 1. The predicted molar refractivity (Wildman–Crippen MR) is 107 cm³/mol. The van der Waals surface area contributed by atoms with Gasteiger partial charge < -0.3 is 19.8 Å². The minimum Gasteiger partial charge on any atom is -0.465 e. The lowest BCUT2D eigenvalue weighted by molar-refractivity contribution is -0.115. The highest BCUT2D eigenvalue weighted by atomic mass is 79.9. The van der Waals surface area contributed by atoms with Crippen molar-refractivity contribution in [1.29, 1.82) is 0 Å². The SMILES string of the molecule is COC(=O)c1cccc2[nH]c(Br)cc12.COC(=O)c1cccc2c1CC(=O)N2. The lowest BCUT2D eigenvalue weighted by atomic mass is 10.1. The number of benzene rings is 2. The van der Waals surface area contributed by atoms with Crippen LogP contribution in [-0.4, -0.2) is 37.0 Å². The fourth-order valence-electron chi connectivity index (χ4n) is 2.96. The van der Waals surface area contributed by atoms with Gasteiger partial charge in [-0.3, -0.25) is 4.79 Å². The first-order valence-electron chi connectivity index (χ1n) is 8.30. The molecule has 4 rings (SSSR count). The van der Waals surface area contributed by atoms with Gasteiger partial charge in [0.05, 0.1) is 36.4 Å². The summed E-state index contributed by atoms with van der Waals surface area (Å²) in [7, 11) is 2.70. The van der Waals surface area contributed by atoms with Gasteiger partial charge in [0, 0.05) is 16.6 Å². The van der Waals surface area contributed by atoms with E-state index in [9.17, 15) is 14.4 Å². The zero-order valence-electron chi connectivity index (χ0n) is 15.2. The monoisotopic (exact) mass is 444 g/mol. The van der Waals surface area contributed by atoms with Gasteiger partial charge in [-0.15, -0.1) is 0 Å². The minimum absolute atomic E-state index is 0.0867. The number of aromatic amines is 1. The van der Waals surface area contributed by atoms with Crippen LogP contribution < -0.4 is 5.32 Å². The van der Waals surface area contributed by atoms with E-state index in [1.54, 1.807) is 24.3 Å². The Morgan fingerprint density at radius 2 is 1.64 bits per heavy atom. The number of esters is 2. The molecule has 1 aliphatic heterocycles. The topological polar surface area (TPSA) is 97.5 Å². The summed E-state index contributed by atoms with van der Waals surface area (Å²) in [5.74, 6) is -0.809. The normalized spacial score (nSPS) is 11.9. The van der Waals surface area contributed by atoms with E-state index in [1.165, 1.54) is 14.2 Å². The summed E-state index contributed by atoms with van der Waals surface area (Å²) < 4.78 is 10.2. The first kappa shape index (κ1) is 19.6. The number of aromatic nitrogens is 1. The maximum absolute atomic E-state index is 11.4. The van der Waals surface area contributed by atoms with Crippen LogP contribution in [0.4, 0.5) is 5.69 Å². The molecular formula is C20H17BrN2O5. The van der Waals surface area contributed by atoms with Crippen molar-refractivity contribution in [1.82, 2.24) is 4.98 Å². The summed E-state index contributed by atoms with van der Waals surface area (Å²) in [6.07, 6.45) is 0.251. The largest absolute Gasteiger partial charge is 0.465 e. The number of carbonyl (C=O) groups is 3. The Bertz CT molecular complexity index is 1070. The van der Waals surface area contributed by atoms with E-state index >= 15 is 0 Å². The maximum Gasteiger partial charge on any atom is 0.338 e. The van der Waals surface area contributed by atoms with Crippen molar-refractivity contribution in [3.8, 4) is 0 Å². The lowest BCUT2D eigenvalue weighted by Gasteiger charge is -2.03. The lowest BCUT2D eigenvalue weighted by Crippen LogP contribution is -2.05. The van der Waals surface area contributed by atoms with Crippen molar-refractivity contribution in [3.63, 3.8) is 0 Å². The first-order valence-corrected chi connectivity index (χ1v) is 9.09. The molecule has 2 N–H and O–H groups in total. The summed E-state index contributed by atoms with van der Waals surface area (Å²) in [6.45, 7) is 0. The molecule has 3 aromatic rings. The van der Waals surface area contributed by atoms with Crippen LogP contribution in [0.15, 0.2) is 47.1 Å². The number of anilines is 1. The van der Waals surface area contributed by atoms with Crippen molar-refractivity contribution in [2.45, 2.75) is 6.42 Å². The van der Waals surface area contributed by atoms with Crippen LogP contribution in [-0.2, 0) is 20.7 Å². The van der Waals surface area contributed by atoms with Gasteiger partial charge in [0.2, 0.25) is 5.91 Å². The second-order valence-electron chi connectivity index (χ2n) is 5.92. The fraction of sp³-hybridized carbons (Fsp3) is 0.150. The van der Waals surface area contributed by atoms with Crippen molar-refractivity contribution >= 4 is 50.4 Å². The average molecular weight is 445 g/mol. The Hall–Kier alpha value is -3.13. The van der Waals surface area contributed by atoms with Crippen LogP contribution in [0.2, 0.25) is 0 Å². The molecule has 2 aromatic carbocycles. The number of hydrogen-bond donors (Lipinski definition) is 2. The van der Waals surface area contributed by atoms with E-state index in [1.807, 2.05) is 18.2 Å². The molecule has 1 aromatic heterocycles. The Balaban J connectivity index is 0.000000161. The molecule has 0 saturated carbocycles. The van der Waals surface area contributed by atoms with Crippen molar-refractivity contribution < 1.29 is 23.9 Å². The summed E-state index contributed by atoms with van der Waals surface area (Å²) in [4.78, 5) is 36.9. The van der Waals surface area contributed by atoms with Gasteiger partial charge in [-0.2, -0.15) is 0 Å². The quantitative estimate of drug-likeness (QED) is 0.587. The van der Waals surface area contributed by atoms with Gasteiger partial charge in [-0.25, -0.2) is 9.59 Å². The molecule has 1 aliphatic rings. The average Bonchev–Trinajstić information content (AvgIpc) is 3.27. The molecule has 144 valence electrons. The van der Waals surface area contributed by atoms with Crippen LogP contribution in [0.3, 0.4) is 0 Å². The number of H-pyrrole nitrogens is 1. The molecule has 28 heavy (non-hydrogen) atoms. The highest BCUT2D eigenvalue weighted by Gasteiger charge is 2.23. The van der Waals surface area contributed by atoms with Crippen molar-refractivity contribution in [2.75, 3.05) is 19.5 Å². The molecule has 1 amide bonds. The Morgan fingerprint density at radius 1 is 1.00 bits per heavy atom. The Morgan fingerprint density at radius 3 is 2.36 bits per heavy atom. The molecule has 2 heterocycles. The van der Waals surface area contributed by atoms with E-state index in [0.29, 0.717) is 16.8 Å². The third kappa shape index (κ3) is 3.91. The molecule has 0 unspecified atom stereocenters. The first-order chi connectivity index (χ1) is 13.4. The van der Waals surface area contributed by atoms with E-state index in [2.05, 4.69) is 35.7 Å². The van der Waals surface area contributed by atoms with E-state index < -0.39 is 5.97 Å². The highest BCUT2D eigenvalue weighted by molar-refractivity contribution is 9.10. The third-order valence-corrected chi connectivity index (χ3v) is 4.66. The summed E-state index contributed by atoms with van der Waals surface area (Å²) in [5, 5.41) is 3.54. The van der Waals surface area contributed by atoms with Crippen molar-refractivity contribution in [2.24, 2.45) is 0 Å². The molecule has 0 bridgehead atoms. The third-order valence-electron chi connectivity index (χ3n) is 4.23. The smallest absolute Gasteiger partial charge is 0.338 e. The zero-order valence-corrected chi connectivity index (χ0v) is 16.8. The number of hydrogen-bond acceptors (Lipinski definition) is 5. The Labute approximate surface area is 169 Å². The van der Waals surface area contributed by atoms with E-state index in [-0.39, 0.29) is 18.3 Å². The molecule has 0 fully saturated rings. The second kappa shape index (κ2) is 8.26. The molecule has 0 spiro atoms. The van der Waals surface area contributed by atoms with Gasteiger partial charge in [-0.1, -0.05) is 12.1 Å². The molecule has 7 nitrogen and oxygen atoms in total. The van der Waals surface area contributed by atoms with Crippen LogP contribution in [0, 0.1) is 0 Å². The molecular weight excluding hydrogens is 428 g/mol. The number of methoxy groups -OCH3 is 2. The van der Waals surface area contributed by atoms with Gasteiger partial charge >= 0.3 is 11.9 Å².